The van der Waals surface area contributed by atoms with Crippen LogP contribution in [0, 0.1) is 0 Å². The van der Waals surface area contributed by atoms with Gasteiger partial charge in [-0.2, -0.15) is 0 Å². The van der Waals surface area contributed by atoms with E-state index in [2.05, 4.69) is 15.6 Å². The SMILES string of the molecule is CCNC(=O)C(C)Nc1ccc(N)c2ccncc12. The molecule has 0 saturated carbocycles. The Balaban J connectivity index is 2.31. The molecule has 5 heteroatoms. The summed E-state index contributed by atoms with van der Waals surface area (Å²) in [4.78, 5) is 15.8. The Kier molecular flexibility index (Phi) is 3.85. The third kappa shape index (κ3) is 2.76. The van der Waals surface area contributed by atoms with Crippen molar-refractivity contribution in [3.63, 3.8) is 0 Å². The molecular weight excluding hydrogens is 240 g/mol. The molecule has 0 aliphatic rings. The number of nitrogen functional groups attached to an aromatic ring is 1. The molecule has 1 unspecified atom stereocenters. The fourth-order valence-electron chi connectivity index (χ4n) is 1.97. The first kappa shape index (κ1) is 13.1. The predicted octanol–water partition coefficient (Wildman–Crippen LogP) is 1.75. The lowest BCUT2D eigenvalue weighted by Crippen LogP contribution is -2.37. The molecule has 1 amide bonds. The minimum atomic E-state index is -0.313. The van der Waals surface area contributed by atoms with E-state index in [4.69, 9.17) is 5.73 Å². The average molecular weight is 258 g/mol. The molecule has 0 saturated heterocycles. The number of nitrogens with zero attached hydrogens (tertiary/aromatic N) is 1. The van der Waals surface area contributed by atoms with Crippen molar-refractivity contribution in [2.45, 2.75) is 19.9 Å². The lowest BCUT2D eigenvalue weighted by atomic mass is 10.1. The van der Waals surface area contributed by atoms with Gasteiger partial charge in [0.05, 0.1) is 0 Å². The molecule has 0 spiro atoms. The van der Waals surface area contributed by atoms with Crippen LogP contribution in [0.4, 0.5) is 11.4 Å². The molecule has 19 heavy (non-hydrogen) atoms. The number of pyridine rings is 1. The van der Waals surface area contributed by atoms with Gasteiger partial charge in [-0.15, -0.1) is 0 Å². The molecule has 0 bridgehead atoms. The molecule has 1 aromatic heterocycles. The highest BCUT2D eigenvalue weighted by Crippen LogP contribution is 2.27. The molecular formula is C14H18N4O. The summed E-state index contributed by atoms with van der Waals surface area (Å²) in [5, 5.41) is 7.82. The first-order valence-corrected chi connectivity index (χ1v) is 6.30. The molecule has 0 aliphatic carbocycles. The molecule has 1 heterocycles. The zero-order valence-electron chi connectivity index (χ0n) is 11.1. The fraction of sp³-hybridized carbons (Fsp3) is 0.286. The van der Waals surface area contributed by atoms with Crippen LogP contribution in [-0.4, -0.2) is 23.5 Å². The maximum absolute atomic E-state index is 11.7. The summed E-state index contributed by atoms with van der Waals surface area (Å²) in [5.41, 5.74) is 7.49. The van der Waals surface area contributed by atoms with Crippen molar-refractivity contribution in [3.05, 3.63) is 30.6 Å². The summed E-state index contributed by atoms with van der Waals surface area (Å²) >= 11 is 0. The van der Waals surface area contributed by atoms with Crippen molar-refractivity contribution in [2.24, 2.45) is 0 Å². The van der Waals surface area contributed by atoms with Crippen LogP contribution in [0.15, 0.2) is 30.6 Å². The van der Waals surface area contributed by atoms with Crippen LogP contribution in [0.5, 0.6) is 0 Å². The number of hydrogen-bond acceptors (Lipinski definition) is 4. The molecule has 0 fully saturated rings. The highest BCUT2D eigenvalue weighted by Gasteiger charge is 2.13. The number of nitrogens with one attached hydrogen (secondary N) is 2. The van der Waals surface area contributed by atoms with Gasteiger partial charge in [0.15, 0.2) is 0 Å². The molecule has 1 atom stereocenters. The number of carbonyl (C=O) groups is 1. The molecule has 1 aromatic carbocycles. The minimum Gasteiger partial charge on any atom is -0.398 e. The van der Waals surface area contributed by atoms with Gasteiger partial charge in [-0.25, -0.2) is 0 Å². The summed E-state index contributed by atoms with van der Waals surface area (Å²) < 4.78 is 0. The van der Waals surface area contributed by atoms with E-state index in [9.17, 15) is 4.79 Å². The van der Waals surface area contributed by atoms with Crippen molar-refractivity contribution < 1.29 is 4.79 Å². The Hall–Kier alpha value is -2.30. The topological polar surface area (TPSA) is 80.0 Å². The van der Waals surface area contributed by atoms with Gasteiger partial charge in [0.25, 0.3) is 0 Å². The Labute approximate surface area is 112 Å². The van der Waals surface area contributed by atoms with Gasteiger partial charge >= 0.3 is 0 Å². The highest BCUT2D eigenvalue weighted by molar-refractivity contribution is 6.01. The van der Waals surface area contributed by atoms with Gasteiger partial charge in [0.2, 0.25) is 5.91 Å². The second-order valence-electron chi connectivity index (χ2n) is 4.38. The molecule has 0 radical (unpaired) electrons. The molecule has 0 aliphatic heterocycles. The number of nitrogens with two attached hydrogens (primary N) is 1. The summed E-state index contributed by atoms with van der Waals surface area (Å²) in [6.07, 6.45) is 3.45. The van der Waals surface area contributed by atoms with Gasteiger partial charge in [-0.05, 0) is 32.0 Å². The largest absolute Gasteiger partial charge is 0.398 e. The maximum atomic E-state index is 11.7. The smallest absolute Gasteiger partial charge is 0.242 e. The van der Waals surface area contributed by atoms with E-state index in [-0.39, 0.29) is 11.9 Å². The van der Waals surface area contributed by atoms with Gasteiger partial charge in [0.1, 0.15) is 6.04 Å². The second kappa shape index (κ2) is 5.56. The number of likely N-dealkylation sites (N-methyl/N-ethyl adjacent to an activating group) is 1. The normalized spacial score (nSPS) is 12.1. The zero-order valence-corrected chi connectivity index (χ0v) is 11.1. The lowest BCUT2D eigenvalue weighted by Gasteiger charge is -2.16. The third-order valence-corrected chi connectivity index (χ3v) is 2.97. The van der Waals surface area contributed by atoms with E-state index in [1.54, 1.807) is 12.4 Å². The number of aromatic nitrogens is 1. The summed E-state index contributed by atoms with van der Waals surface area (Å²) in [7, 11) is 0. The third-order valence-electron chi connectivity index (χ3n) is 2.97. The zero-order chi connectivity index (χ0) is 13.8. The first-order valence-electron chi connectivity index (χ1n) is 6.30. The van der Waals surface area contributed by atoms with Gasteiger partial charge in [-0.1, -0.05) is 0 Å². The van der Waals surface area contributed by atoms with Crippen molar-refractivity contribution in [3.8, 4) is 0 Å². The summed E-state index contributed by atoms with van der Waals surface area (Å²) in [6, 6.07) is 5.25. The van der Waals surface area contributed by atoms with E-state index in [1.807, 2.05) is 32.0 Å². The van der Waals surface area contributed by atoms with E-state index in [0.29, 0.717) is 12.2 Å². The lowest BCUT2D eigenvalue weighted by molar-refractivity contribution is -0.121. The van der Waals surface area contributed by atoms with E-state index >= 15 is 0 Å². The summed E-state index contributed by atoms with van der Waals surface area (Å²) in [5.74, 6) is -0.0311. The second-order valence-corrected chi connectivity index (χ2v) is 4.38. The van der Waals surface area contributed by atoms with Gasteiger partial charge < -0.3 is 16.4 Å². The summed E-state index contributed by atoms with van der Waals surface area (Å²) in [6.45, 7) is 4.34. The fourth-order valence-corrected chi connectivity index (χ4v) is 1.97. The van der Waals surface area contributed by atoms with Crippen LogP contribution >= 0.6 is 0 Å². The number of fused-ring (bicyclic) bond motifs is 1. The van der Waals surface area contributed by atoms with Crippen molar-refractivity contribution in [1.82, 2.24) is 10.3 Å². The van der Waals surface area contributed by atoms with E-state index in [1.165, 1.54) is 0 Å². The number of carbonyl (C=O) groups excluding carboxylic acids is 1. The van der Waals surface area contributed by atoms with Crippen LogP contribution in [0.2, 0.25) is 0 Å². The molecule has 4 N–H and O–H groups in total. The average Bonchev–Trinajstić information content (AvgIpc) is 2.42. The number of hydrogen-bond donors (Lipinski definition) is 3. The Morgan fingerprint density at radius 1 is 1.37 bits per heavy atom. The van der Waals surface area contributed by atoms with Crippen LogP contribution in [0.3, 0.4) is 0 Å². The minimum absolute atomic E-state index is 0.0311. The van der Waals surface area contributed by atoms with Gasteiger partial charge in [0, 0.05) is 41.1 Å². The number of benzene rings is 1. The van der Waals surface area contributed by atoms with Crippen molar-refractivity contribution in [2.75, 3.05) is 17.6 Å². The van der Waals surface area contributed by atoms with E-state index < -0.39 is 0 Å². The van der Waals surface area contributed by atoms with Gasteiger partial charge in [-0.3, -0.25) is 9.78 Å². The molecule has 5 nitrogen and oxygen atoms in total. The van der Waals surface area contributed by atoms with Crippen LogP contribution in [0.25, 0.3) is 10.8 Å². The predicted molar refractivity (Wildman–Crippen MR) is 77.9 cm³/mol. The van der Waals surface area contributed by atoms with Crippen LogP contribution in [-0.2, 0) is 4.79 Å². The quantitative estimate of drug-likeness (QED) is 0.730. The number of amides is 1. The van der Waals surface area contributed by atoms with Crippen LogP contribution in [0.1, 0.15) is 13.8 Å². The Bertz CT molecular complexity index is 597. The Morgan fingerprint density at radius 2 is 2.16 bits per heavy atom. The first-order chi connectivity index (χ1) is 9.13. The monoisotopic (exact) mass is 258 g/mol. The van der Waals surface area contributed by atoms with Crippen LogP contribution < -0.4 is 16.4 Å². The maximum Gasteiger partial charge on any atom is 0.242 e. The van der Waals surface area contributed by atoms with Crippen molar-refractivity contribution >= 4 is 28.1 Å². The molecule has 2 rings (SSSR count). The molecule has 2 aromatic rings. The number of anilines is 2. The standard InChI is InChI=1S/C14H18N4O/c1-3-17-14(19)9(2)18-13-5-4-12(15)10-6-7-16-8-11(10)13/h4-9,18H,3,15H2,1-2H3,(H,17,19). The Morgan fingerprint density at radius 3 is 2.89 bits per heavy atom. The molecule has 100 valence electrons. The highest BCUT2D eigenvalue weighted by atomic mass is 16.2. The van der Waals surface area contributed by atoms with Crippen molar-refractivity contribution in [1.29, 1.82) is 0 Å². The number of rotatable bonds is 4. The van der Waals surface area contributed by atoms with E-state index in [0.717, 1.165) is 16.5 Å².